The number of para-hydroxylation sites is 1. The van der Waals surface area contributed by atoms with Gasteiger partial charge in [0, 0.05) is 13.3 Å². The van der Waals surface area contributed by atoms with Crippen molar-refractivity contribution in [2.75, 3.05) is 20.7 Å². The molecule has 2 atom stereocenters. The lowest BCUT2D eigenvalue weighted by atomic mass is 9.84. The molecule has 0 aliphatic carbocycles. The van der Waals surface area contributed by atoms with E-state index >= 15 is 0 Å². The predicted molar refractivity (Wildman–Crippen MR) is 126 cm³/mol. The van der Waals surface area contributed by atoms with Crippen molar-refractivity contribution in [3.8, 4) is 5.75 Å². The highest BCUT2D eigenvalue weighted by Gasteiger charge is 2.54. The van der Waals surface area contributed by atoms with Crippen molar-refractivity contribution in [1.82, 2.24) is 0 Å². The second-order valence-electron chi connectivity index (χ2n) is 9.65. The van der Waals surface area contributed by atoms with E-state index in [4.69, 9.17) is 9.47 Å². The van der Waals surface area contributed by atoms with E-state index in [9.17, 15) is 0 Å². The van der Waals surface area contributed by atoms with Gasteiger partial charge in [-0.3, -0.25) is 4.48 Å². The van der Waals surface area contributed by atoms with Crippen LogP contribution in [0.25, 0.3) is 0 Å². The fourth-order valence-electron chi connectivity index (χ4n) is 4.35. The quantitative estimate of drug-likeness (QED) is 0.387. The topological polar surface area (TPSA) is 18.5 Å². The molecular formula is C27H42ClNO2. The van der Waals surface area contributed by atoms with E-state index in [0.29, 0.717) is 22.9 Å². The summed E-state index contributed by atoms with van der Waals surface area (Å²) in [5, 5.41) is 0. The Bertz CT molecular complexity index is 776. The molecule has 0 spiro atoms. The molecular weight excluding hydrogens is 406 g/mol. The zero-order chi connectivity index (χ0) is 22.4. The smallest absolute Gasteiger partial charge is 0.271 e. The summed E-state index contributed by atoms with van der Waals surface area (Å²) in [4.78, 5) is 0. The van der Waals surface area contributed by atoms with Crippen LogP contribution in [0, 0.1) is 11.8 Å². The first kappa shape index (κ1) is 27.5. The maximum absolute atomic E-state index is 7.05. The summed E-state index contributed by atoms with van der Waals surface area (Å²) in [5.74, 6) is 1.92. The van der Waals surface area contributed by atoms with E-state index in [0.717, 1.165) is 18.6 Å². The Morgan fingerprint density at radius 3 is 1.97 bits per heavy atom. The summed E-state index contributed by atoms with van der Waals surface area (Å²) in [5.41, 5.74) is 2.06. The summed E-state index contributed by atoms with van der Waals surface area (Å²) in [7, 11) is 4.50. The van der Waals surface area contributed by atoms with Gasteiger partial charge < -0.3 is 21.9 Å². The lowest BCUT2D eigenvalue weighted by Crippen LogP contribution is -3.00. The first-order valence-electron chi connectivity index (χ1n) is 11.4. The lowest BCUT2D eigenvalue weighted by molar-refractivity contribution is -1.01. The largest absolute Gasteiger partial charge is 1.00 e. The number of nitrogens with zero attached hydrogens (tertiary/aromatic N) is 1. The number of rotatable bonds is 11. The molecule has 4 heteroatoms. The van der Waals surface area contributed by atoms with Crippen molar-refractivity contribution in [2.24, 2.45) is 11.8 Å². The van der Waals surface area contributed by atoms with Gasteiger partial charge in [-0.15, -0.1) is 0 Å². The fourth-order valence-corrected chi connectivity index (χ4v) is 4.35. The Morgan fingerprint density at radius 2 is 1.42 bits per heavy atom. The van der Waals surface area contributed by atoms with E-state index in [1.807, 2.05) is 18.2 Å². The Kier molecular flexibility index (Phi) is 10.5. The van der Waals surface area contributed by atoms with Crippen molar-refractivity contribution in [2.45, 2.75) is 66.3 Å². The third-order valence-electron chi connectivity index (χ3n) is 6.03. The molecule has 174 valence electrons. The maximum Gasteiger partial charge on any atom is 0.271 e. The van der Waals surface area contributed by atoms with Crippen molar-refractivity contribution < 1.29 is 26.4 Å². The SMILES string of the molecule is CCOC(C)[N+](C)(C)C(CC(C)C)(Oc1ccccc1)c1ccccc1CC(C)C.[Cl-]. The van der Waals surface area contributed by atoms with Gasteiger partial charge in [0.1, 0.15) is 5.75 Å². The van der Waals surface area contributed by atoms with Crippen LogP contribution in [0.1, 0.15) is 59.1 Å². The number of quaternary nitrogens is 1. The van der Waals surface area contributed by atoms with Crippen LogP contribution in [0.15, 0.2) is 54.6 Å². The highest BCUT2D eigenvalue weighted by molar-refractivity contribution is 5.34. The van der Waals surface area contributed by atoms with E-state index in [2.05, 4.69) is 92.0 Å². The number of hydrogen-bond donors (Lipinski definition) is 0. The molecule has 2 rings (SSSR count). The molecule has 0 aliphatic heterocycles. The molecule has 0 saturated heterocycles. The third kappa shape index (κ3) is 6.47. The Labute approximate surface area is 196 Å². The summed E-state index contributed by atoms with van der Waals surface area (Å²) >= 11 is 0. The Balaban J connectivity index is 0.00000480. The number of benzene rings is 2. The van der Waals surface area contributed by atoms with E-state index in [1.165, 1.54) is 11.1 Å². The molecule has 3 nitrogen and oxygen atoms in total. The Morgan fingerprint density at radius 1 is 0.839 bits per heavy atom. The molecule has 2 aromatic rings. The highest BCUT2D eigenvalue weighted by atomic mass is 35.5. The molecule has 0 radical (unpaired) electrons. The van der Waals surface area contributed by atoms with Crippen LogP contribution < -0.4 is 17.1 Å². The van der Waals surface area contributed by atoms with Gasteiger partial charge in [0.05, 0.1) is 26.3 Å². The van der Waals surface area contributed by atoms with Gasteiger partial charge in [-0.2, -0.15) is 0 Å². The molecule has 31 heavy (non-hydrogen) atoms. The average Bonchev–Trinajstić information content (AvgIpc) is 2.68. The predicted octanol–water partition coefficient (Wildman–Crippen LogP) is 3.63. The normalized spacial score (nSPS) is 14.8. The van der Waals surface area contributed by atoms with Gasteiger partial charge in [0.2, 0.25) is 0 Å². The summed E-state index contributed by atoms with van der Waals surface area (Å²) in [6.45, 7) is 14.0. The number of halogens is 1. The molecule has 2 unspecified atom stereocenters. The first-order valence-corrected chi connectivity index (χ1v) is 11.4. The van der Waals surface area contributed by atoms with Crippen molar-refractivity contribution >= 4 is 0 Å². The molecule has 0 bridgehead atoms. The van der Waals surface area contributed by atoms with Crippen molar-refractivity contribution in [3.63, 3.8) is 0 Å². The Hall–Kier alpha value is -1.55. The standard InChI is InChI=1S/C27H42NO2.ClH/c1-9-29-23(6)28(7,8)27(20-22(4)5,30-25-16-11-10-12-17-25)26-18-14-13-15-24(26)19-21(2)3;/h10-18,21-23H,9,19-20H2,1-8H3;1H/q+1;/p-1. The van der Waals surface area contributed by atoms with Crippen molar-refractivity contribution in [1.29, 1.82) is 0 Å². The number of hydrogen-bond acceptors (Lipinski definition) is 2. The molecule has 0 N–H and O–H groups in total. The van der Waals surface area contributed by atoms with Crippen LogP contribution in [0.3, 0.4) is 0 Å². The second kappa shape index (κ2) is 11.9. The molecule has 0 aromatic heterocycles. The average molecular weight is 448 g/mol. The lowest BCUT2D eigenvalue weighted by Gasteiger charge is -2.51. The molecule has 0 saturated carbocycles. The van der Waals surface area contributed by atoms with Gasteiger partial charge in [-0.25, -0.2) is 0 Å². The monoisotopic (exact) mass is 447 g/mol. The maximum atomic E-state index is 7.05. The zero-order valence-electron chi connectivity index (χ0n) is 20.7. The number of ether oxygens (including phenoxy) is 2. The van der Waals surface area contributed by atoms with Crippen LogP contribution in [-0.2, 0) is 16.9 Å². The molecule has 0 fully saturated rings. The van der Waals surface area contributed by atoms with E-state index in [-0.39, 0.29) is 18.6 Å². The summed E-state index contributed by atoms with van der Waals surface area (Å²) in [6.07, 6.45) is 1.89. The van der Waals surface area contributed by atoms with Crippen LogP contribution >= 0.6 is 0 Å². The molecule has 0 aliphatic rings. The summed E-state index contributed by atoms with van der Waals surface area (Å²) < 4.78 is 13.8. The third-order valence-corrected chi connectivity index (χ3v) is 6.03. The minimum atomic E-state index is -0.574. The van der Waals surface area contributed by atoms with Crippen LogP contribution in [0.5, 0.6) is 5.75 Å². The molecule has 2 aromatic carbocycles. The minimum Gasteiger partial charge on any atom is -1.00 e. The fraction of sp³-hybridized carbons (Fsp3) is 0.556. The molecule has 0 heterocycles. The van der Waals surface area contributed by atoms with Crippen LogP contribution in [-0.4, -0.2) is 31.4 Å². The second-order valence-corrected chi connectivity index (χ2v) is 9.65. The summed E-state index contributed by atoms with van der Waals surface area (Å²) in [6, 6.07) is 19.1. The highest BCUT2D eigenvalue weighted by Crippen LogP contribution is 2.44. The van der Waals surface area contributed by atoms with Gasteiger partial charge in [0.15, 0.2) is 6.23 Å². The molecule has 0 amide bonds. The van der Waals surface area contributed by atoms with E-state index in [1.54, 1.807) is 0 Å². The van der Waals surface area contributed by atoms with Gasteiger partial charge in [-0.1, -0.05) is 64.1 Å². The minimum absolute atomic E-state index is 0. The van der Waals surface area contributed by atoms with Crippen molar-refractivity contribution in [3.05, 3.63) is 65.7 Å². The van der Waals surface area contributed by atoms with Crippen LogP contribution in [0.2, 0.25) is 0 Å². The van der Waals surface area contributed by atoms with E-state index < -0.39 is 5.72 Å². The first-order chi connectivity index (χ1) is 14.1. The zero-order valence-corrected chi connectivity index (χ0v) is 21.4. The van der Waals surface area contributed by atoms with Gasteiger partial charge >= 0.3 is 0 Å². The van der Waals surface area contributed by atoms with Gasteiger partial charge in [0.25, 0.3) is 5.72 Å². The van der Waals surface area contributed by atoms with Crippen LogP contribution in [0.4, 0.5) is 0 Å². The van der Waals surface area contributed by atoms with Gasteiger partial charge in [-0.05, 0) is 48.9 Å².